The van der Waals surface area contributed by atoms with Crippen LogP contribution < -0.4 is 5.32 Å². The molecule has 0 atom stereocenters. The molecule has 0 bridgehead atoms. The number of amides is 1. The van der Waals surface area contributed by atoms with Gasteiger partial charge < -0.3 is 10.1 Å². The molecule has 0 saturated heterocycles. The molecule has 24 heavy (non-hydrogen) atoms. The second-order valence-electron chi connectivity index (χ2n) is 5.44. The third-order valence-electron chi connectivity index (χ3n) is 3.45. The Morgan fingerprint density at radius 3 is 2.54 bits per heavy atom. The van der Waals surface area contributed by atoms with E-state index in [1.54, 1.807) is 18.2 Å². The van der Waals surface area contributed by atoms with E-state index in [-0.39, 0.29) is 12.5 Å². The fraction of sp³-hybridized carbons (Fsp3) is 0.263. The van der Waals surface area contributed by atoms with Crippen LogP contribution in [0, 0.1) is 0 Å². The second-order valence-corrected chi connectivity index (χ2v) is 5.87. The summed E-state index contributed by atoms with van der Waals surface area (Å²) in [7, 11) is 0. The lowest BCUT2D eigenvalue weighted by atomic mass is 10.1. The van der Waals surface area contributed by atoms with Crippen LogP contribution in [-0.4, -0.2) is 18.5 Å². The van der Waals surface area contributed by atoms with Crippen molar-refractivity contribution in [1.82, 2.24) is 0 Å². The van der Waals surface area contributed by atoms with E-state index in [0.29, 0.717) is 16.3 Å². The van der Waals surface area contributed by atoms with Crippen LogP contribution in [0.25, 0.3) is 0 Å². The molecule has 2 rings (SSSR count). The Labute approximate surface area is 146 Å². The molecule has 0 spiro atoms. The summed E-state index contributed by atoms with van der Waals surface area (Å²) >= 11 is 5.82. The van der Waals surface area contributed by atoms with Gasteiger partial charge in [-0.15, -0.1) is 0 Å². The van der Waals surface area contributed by atoms with Gasteiger partial charge in [0.25, 0.3) is 5.91 Å². The van der Waals surface area contributed by atoms with Crippen molar-refractivity contribution < 1.29 is 14.3 Å². The van der Waals surface area contributed by atoms with Crippen LogP contribution in [0.1, 0.15) is 35.7 Å². The Bertz CT molecular complexity index is 698. The van der Waals surface area contributed by atoms with Crippen molar-refractivity contribution in [3.8, 4) is 0 Å². The van der Waals surface area contributed by atoms with Crippen LogP contribution in [0.3, 0.4) is 0 Å². The number of halogens is 1. The van der Waals surface area contributed by atoms with Gasteiger partial charge in [-0.05, 0) is 48.7 Å². The van der Waals surface area contributed by atoms with E-state index in [9.17, 15) is 9.59 Å². The Morgan fingerprint density at radius 1 is 1.12 bits per heavy atom. The van der Waals surface area contributed by atoms with Gasteiger partial charge in [0.2, 0.25) is 0 Å². The molecule has 4 nitrogen and oxygen atoms in total. The SMILES string of the molecule is CCCCc1ccc(NC(=O)COC(=O)c2cccc(Cl)c2)cc1. The van der Waals surface area contributed by atoms with E-state index >= 15 is 0 Å². The predicted octanol–water partition coefficient (Wildman–Crippen LogP) is 4.48. The highest BCUT2D eigenvalue weighted by molar-refractivity contribution is 6.30. The normalized spacial score (nSPS) is 10.2. The van der Waals surface area contributed by atoms with E-state index in [1.165, 1.54) is 11.6 Å². The van der Waals surface area contributed by atoms with Crippen molar-refractivity contribution in [3.63, 3.8) is 0 Å². The first kappa shape index (κ1) is 18.0. The van der Waals surface area contributed by atoms with Crippen LogP contribution in [0.2, 0.25) is 5.02 Å². The van der Waals surface area contributed by atoms with E-state index in [1.807, 2.05) is 24.3 Å². The number of anilines is 1. The Hall–Kier alpha value is -2.33. The molecule has 1 N–H and O–H groups in total. The minimum Gasteiger partial charge on any atom is -0.452 e. The molecule has 0 aliphatic carbocycles. The fourth-order valence-corrected chi connectivity index (χ4v) is 2.35. The van der Waals surface area contributed by atoms with Gasteiger partial charge in [-0.3, -0.25) is 4.79 Å². The third-order valence-corrected chi connectivity index (χ3v) is 3.69. The van der Waals surface area contributed by atoms with Crippen LogP contribution in [-0.2, 0) is 16.0 Å². The summed E-state index contributed by atoms with van der Waals surface area (Å²) in [5, 5.41) is 3.14. The van der Waals surface area contributed by atoms with Gasteiger partial charge in [0.15, 0.2) is 6.61 Å². The highest BCUT2D eigenvalue weighted by atomic mass is 35.5. The summed E-state index contributed by atoms with van der Waals surface area (Å²) in [6, 6.07) is 14.1. The minimum absolute atomic E-state index is 0.315. The van der Waals surface area contributed by atoms with E-state index < -0.39 is 5.97 Å². The molecule has 5 heteroatoms. The number of carbonyl (C=O) groups excluding carboxylic acids is 2. The van der Waals surface area contributed by atoms with Gasteiger partial charge in [-0.2, -0.15) is 0 Å². The molecule has 1 amide bonds. The maximum atomic E-state index is 11.9. The zero-order valence-electron chi connectivity index (χ0n) is 13.5. The smallest absolute Gasteiger partial charge is 0.338 e. The van der Waals surface area contributed by atoms with Gasteiger partial charge in [0, 0.05) is 10.7 Å². The summed E-state index contributed by atoms with van der Waals surface area (Å²) in [4.78, 5) is 23.7. The number of aryl methyl sites for hydroxylation is 1. The first-order chi connectivity index (χ1) is 11.6. The van der Waals surface area contributed by atoms with Gasteiger partial charge >= 0.3 is 5.97 Å². The Kier molecular flexibility index (Phi) is 6.82. The molecule has 0 radical (unpaired) electrons. The summed E-state index contributed by atoms with van der Waals surface area (Å²) in [6.07, 6.45) is 3.32. The Balaban J connectivity index is 1.81. The maximum Gasteiger partial charge on any atom is 0.338 e. The number of carbonyl (C=O) groups is 2. The van der Waals surface area contributed by atoms with Gasteiger partial charge in [0.05, 0.1) is 5.56 Å². The fourth-order valence-electron chi connectivity index (χ4n) is 2.16. The van der Waals surface area contributed by atoms with Crippen molar-refractivity contribution in [1.29, 1.82) is 0 Å². The number of benzene rings is 2. The molecule has 0 fully saturated rings. The molecule has 2 aromatic carbocycles. The van der Waals surface area contributed by atoms with Crippen molar-refractivity contribution in [3.05, 3.63) is 64.7 Å². The van der Waals surface area contributed by atoms with E-state index in [0.717, 1.165) is 19.3 Å². The highest BCUT2D eigenvalue weighted by Crippen LogP contribution is 2.13. The molecule has 2 aromatic rings. The molecular formula is C19H20ClNO3. The number of unbranched alkanes of at least 4 members (excludes halogenated alkanes) is 1. The van der Waals surface area contributed by atoms with Gasteiger partial charge in [-0.1, -0.05) is 43.1 Å². The first-order valence-electron chi connectivity index (χ1n) is 7.90. The molecule has 0 unspecified atom stereocenters. The molecule has 0 saturated carbocycles. The molecule has 0 heterocycles. The summed E-state index contributed by atoms with van der Waals surface area (Å²) in [6.45, 7) is 1.81. The average Bonchev–Trinajstić information content (AvgIpc) is 2.59. The number of ether oxygens (including phenoxy) is 1. The average molecular weight is 346 g/mol. The summed E-state index contributed by atoms with van der Waals surface area (Å²) < 4.78 is 4.98. The van der Waals surface area contributed by atoms with Crippen molar-refractivity contribution in [2.75, 3.05) is 11.9 Å². The van der Waals surface area contributed by atoms with Crippen LogP contribution in [0.5, 0.6) is 0 Å². The number of nitrogens with one attached hydrogen (secondary N) is 1. The van der Waals surface area contributed by atoms with Crippen LogP contribution >= 0.6 is 11.6 Å². The van der Waals surface area contributed by atoms with Crippen molar-refractivity contribution in [2.45, 2.75) is 26.2 Å². The van der Waals surface area contributed by atoms with Crippen molar-refractivity contribution >= 4 is 29.2 Å². The van der Waals surface area contributed by atoms with Crippen molar-refractivity contribution in [2.24, 2.45) is 0 Å². The monoisotopic (exact) mass is 345 g/mol. The lowest BCUT2D eigenvalue weighted by molar-refractivity contribution is -0.119. The van der Waals surface area contributed by atoms with E-state index in [4.69, 9.17) is 16.3 Å². The topological polar surface area (TPSA) is 55.4 Å². The zero-order valence-corrected chi connectivity index (χ0v) is 14.3. The van der Waals surface area contributed by atoms with Crippen LogP contribution in [0.4, 0.5) is 5.69 Å². The summed E-state index contributed by atoms with van der Waals surface area (Å²) in [5.41, 5.74) is 2.23. The molecule has 0 aliphatic rings. The number of rotatable bonds is 7. The quantitative estimate of drug-likeness (QED) is 0.753. The lowest BCUT2D eigenvalue weighted by Crippen LogP contribution is -2.20. The molecular weight excluding hydrogens is 326 g/mol. The first-order valence-corrected chi connectivity index (χ1v) is 8.27. The second kappa shape index (κ2) is 9.08. The molecule has 0 aliphatic heterocycles. The third kappa shape index (κ3) is 5.70. The van der Waals surface area contributed by atoms with Crippen LogP contribution in [0.15, 0.2) is 48.5 Å². The Morgan fingerprint density at radius 2 is 1.88 bits per heavy atom. The minimum atomic E-state index is -0.581. The maximum absolute atomic E-state index is 11.9. The van der Waals surface area contributed by atoms with E-state index in [2.05, 4.69) is 12.2 Å². The number of hydrogen-bond donors (Lipinski definition) is 1. The zero-order chi connectivity index (χ0) is 17.4. The summed E-state index contributed by atoms with van der Waals surface area (Å²) in [5.74, 6) is -0.964. The van der Waals surface area contributed by atoms with Gasteiger partial charge in [-0.25, -0.2) is 4.79 Å². The lowest BCUT2D eigenvalue weighted by Gasteiger charge is -2.08. The highest BCUT2D eigenvalue weighted by Gasteiger charge is 2.10. The largest absolute Gasteiger partial charge is 0.452 e. The number of esters is 1. The molecule has 126 valence electrons. The molecule has 0 aromatic heterocycles. The number of hydrogen-bond acceptors (Lipinski definition) is 3. The predicted molar refractivity (Wildman–Crippen MR) is 95.4 cm³/mol. The van der Waals surface area contributed by atoms with Gasteiger partial charge in [0.1, 0.15) is 0 Å². The standard InChI is InChI=1S/C19H20ClNO3/c1-2-3-5-14-8-10-17(11-9-14)21-18(22)13-24-19(23)15-6-4-7-16(20)12-15/h4,6-12H,2-3,5,13H2,1H3,(H,21,22).